The second kappa shape index (κ2) is 12.2. The lowest BCUT2D eigenvalue weighted by atomic mass is 9.67. The van der Waals surface area contributed by atoms with Crippen LogP contribution in [0.3, 0.4) is 0 Å². The third-order valence-corrected chi connectivity index (χ3v) is 12.9. The van der Waals surface area contributed by atoms with E-state index in [0.717, 1.165) is 49.4 Å². The topological polar surface area (TPSA) is 26.3 Å². The van der Waals surface area contributed by atoms with Crippen LogP contribution in [0.1, 0.15) is 22.3 Å². The highest BCUT2D eigenvalue weighted by atomic mass is 16.3. The first-order chi connectivity index (χ1) is 29.3. The summed E-state index contributed by atoms with van der Waals surface area (Å²) in [7, 11) is 0. The second-order valence-electron chi connectivity index (χ2n) is 15.8. The molecule has 0 saturated heterocycles. The van der Waals surface area contributed by atoms with Gasteiger partial charge in [0, 0.05) is 27.1 Å². The highest BCUT2D eigenvalue weighted by Crippen LogP contribution is 2.60. The monoisotopic (exact) mass is 750 g/mol. The molecule has 10 aromatic carbocycles. The van der Waals surface area contributed by atoms with E-state index in [9.17, 15) is 0 Å². The van der Waals surface area contributed by atoms with Crippen molar-refractivity contribution < 1.29 is 8.83 Å². The van der Waals surface area contributed by atoms with Gasteiger partial charge in [0.2, 0.25) is 0 Å². The first-order valence-electron chi connectivity index (χ1n) is 20.3. The molecule has 12 aromatic rings. The Kier molecular flexibility index (Phi) is 6.68. The molecule has 0 spiro atoms. The van der Waals surface area contributed by atoms with Crippen molar-refractivity contribution in [2.24, 2.45) is 0 Å². The van der Waals surface area contributed by atoms with Crippen molar-refractivity contribution in [3.05, 3.63) is 229 Å². The molecule has 1 aliphatic carbocycles. The maximum Gasteiger partial charge on any atom is 0.144 e. The van der Waals surface area contributed by atoms with Gasteiger partial charge in [0.1, 0.15) is 22.3 Å². The van der Waals surface area contributed by atoms with Crippen LogP contribution in [0, 0.1) is 0 Å². The first-order valence-corrected chi connectivity index (χ1v) is 20.3. The van der Waals surface area contributed by atoms with E-state index >= 15 is 0 Å². The van der Waals surface area contributed by atoms with Crippen molar-refractivity contribution in [3.8, 4) is 33.4 Å². The normalized spacial score (nSPS) is 13.2. The molecule has 0 fully saturated rings. The van der Waals surface area contributed by atoms with Crippen molar-refractivity contribution in [2.75, 3.05) is 0 Å². The quantitative estimate of drug-likeness (QED) is 0.167. The van der Waals surface area contributed by atoms with E-state index in [1.165, 1.54) is 71.6 Å². The minimum absolute atomic E-state index is 0.593. The molecule has 2 heteroatoms. The van der Waals surface area contributed by atoms with Gasteiger partial charge in [0.25, 0.3) is 0 Å². The summed E-state index contributed by atoms with van der Waals surface area (Å²) in [5.41, 5.74) is 15.1. The average molecular weight is 751 g/mol. The molecule has 2 heterocycles. The van der Waals surface area contributed by atoms with E-state index in [0.29, 0.717) is 0 Å². The summed E-state index contributed by atoms with van der Waals surface area (Å²) in [6.45, 7) is 0. The van der Waals surface area contributed by atoms with E-state index < -0.39 is 5.41 Å². The molecule has 0 aliphatic heterocycles. The van der Waals surface area contributed by atoms with Crippen LogP contribution in [-0.4, -0.2) is 0 Å². The lowest BCUT2D eigenvalue weighted by Crippen LogP contribution is -2.28. The lowest BCUT2D eigenvalue weighted by Gasteiger charge is -2.34. The number of hydrogen-bond acceptors (Lipinski definition) is 2. The van der Waals surface area contributed by atoms with Gasteiger partial charge in [0.05, 0.1) is 5.41 Å². The predicted octanol–water partition coefficient (Wildman–Crippen LogP) is 15.5. The van der Waals surface area contributed by atoms with Crippen LogP contribution in [0.15, 0.2) is 215 Å². The van der Waals surface area contributed by atoms with Crippen molar-refractivity contribution in [1.82, 2.24) is 0 Å². The highest BCUT2D eigenvalue weighted by Gasteiger charge is 2.48. The van der Waals surface area contributed by atoms with E-state index in [1.54, 1.807) is 0 Å². The molecule has 1 aliphatic rings. The van der Waals surface area contributed by atoms with Gasteiger partial charge < -0.3 is 8.83 Å². The summed E-state index contributed by atoms with van der Waals surface area (Å²) < 4.78 is 13.5. The zero-order valence-corrected chi connectivity index (χ0v) is 31.9. The van der Waals surface area contributed by atoms with Crippen LogP contribution in [0.4, 0.5) is 0 Å². The van der Waals surface area contributed by atoms with Gasteiger partial charge in [-0.3, -0.25) is 0 Å². The van der Waals surface area contributed by atoms with Crippen LogP contribution in [0.2, 0.25) is 0 Å². The van der Waals surface area contributed by atoms with Gasteiger partial charge in [-0.15, -0.1) is 0 Å². The Bertz CT molecular complexity index is 3570. The summed E-state index contributed by atoms with van der Waals surface area (Å²) in [6, 6.07) is 75.1. The summed E-state index contributed by atoms with van der Waals surface area (Å²) in [4.78, 5) is 0. The molecule has 274 valence electrons. The van der Waals surface area contributed by atoms with Crippen LogP contribution in [0.5, 0.6) is 0 Å². The third kappa shape index (κ3) is 4.35. The Hall–Kier alpha value is -7.68. The number of para-hydroxylation sites is 2. The molecular weight excluding hydrogens is 717 g/mol. The van der Waals surface area contributed by atoms with Crippen molar-refractivity contribution in [1.29, 1.82) is 0 Å². The highest BCUT2D eigenvalue weighted by molar-refractivity contribution is 6.27. The van der Waals surface area contributed by atoms with Gasteiger partial charge in [-0.25, -0.2) is 0 Å². The number of benzene rings is 10. The number of furan rings is 2. The molecule has 2 nitrogen and oxygen atoms in total. The summed E-state index contributed by atoms with van der Waals surface area (Å²) in [5.74, 6) is 0. The van der Waals surface area contributed by atoms with Gasteiger partial charge in [-0.1, -0.05) is 176 Å². The van der Waals surface area contributed by atoms with Crippen molar-refractivity contribution in [2.45, 2.75) is 5.41 Å². The zero-order chi connectivity index (χ0) is 38.7. The first kappa shape index (κ1) is 32.4. The van der Waals surface area contributed by atoms with Gasteiger partial charge in [-0.05, 0) is 102 Å². The molecule has 0 saturated carbocycles. The molecular formula is C57H34O2. The summed E-state index contributed by atoms with van der Waals surface area (Å²) in [5, 5.41) is 9.31. The summed E-state index contributed by atoms with van der Waals surface area (Å²) in [6.07, 6.45) is 0. The van der Waals surface area contributed by atoms with Crippen LogP contribution < -0.4 is 0 Å². The van der Waals surface area contributed by atoms with E-state index in [4.69, 9.17) is 8.83 Å². The van der Waals surface area contributed by atoms with E-state index in [2.05, 4.69) is 194 Å². The number of fused-ring (bicyclic) bond motifs is 12. The number of hydrogen-bond donors (Lipinski definition) is 0. The van der Waals surface area contributed by atoms with Gasteiger partial charge in [0.15, 0.2) is 0 Å². The standard InChI is InChI=1S/C57H34O2/c1-3-17-36(18-4-1)57(37-19-5-2-6-20-37)47-28-14-11-26-43(47)55-48(57)34-46(54-44-27-13-16-30-50(44)59-56(54)55)53-41-24-9-7-22-39(41)52(40-23-8-10-25-42(40)53)35-31-32-51-45(33-35)38-21-12-15-29-49(38)58-51/h1-34H. The molecule has 0 atom stereocenters. The van der Waals surface area contributed by atoms with Crippen LogP contribution in [-0.2, 0) is 5.41 Å². The minimum Gasteiger partial charge on any atom is -0.456 e. The van der Waals surface area contributed by atoms with Crippen LogP contribution in [0.25, 0.3) is 98.8 Å². The van der Waals surface area contributed by atoms with Gasteiger partial charge >= 0.3 is 0 Å². The largest absolute Gasteiger partial charge is 0.456 e. The second-order valence-corrected chi connectivity index (χ2v) is 15.8. The maximum atomic E-state index is 7.16. The molecule has 2 aromatic heterocycles. The Morgan fingerprint density at radius 2 is 0.814 bits per heavy atom. The van der Waals surface area contributed by atoms with Crippen LogP contribution >= 0.6 is 0 Å². The molecule has 13 rings (SSSR count). The van der Waals surface area contributed by atoms with Gasteiger partial charge in [-0.2, -0.15) is 0 Å². The smallest absolute Gasteiger partial charge is 0.144 e. The molecule has 0 amide bonds. The Morgan fingerprint density at radius 3 is 1.47 bits per heavy atom. The Labute approximate surface area is 340 Å². The van der Waals surface area contributed by atoms with Crippen molar-refractivity contribution in [3.63, 3.8) is 0 Å². The fourth-order valence-corrected chi connectivity index (χ4v) is 10.6. The lowest BCUT2D eigenvalue weighted by molar-refractivity contribution is 0.668. The van der Waals surface area contributed by atoms with Crippen molar-refractivity contribution >= 4 is 65.4 Å². The molecule has 59 heavy (non-hydrogen) atoms. The van der Waals surface area contributed by atoms with E-state index in [1.807, 2.05) is 12.1 Å². The molecule has 0 N–H and O–H groups in total. The SMILES string of the molecule is c1ccc(C2(c3ccccc3)c3ccccc3-c3c2cc(-c2c4ccccc4c(-c4ccc5oc6ccccc6c5c4)c4ccccc24)c2c3oc3ccccc32)cc1. The Balaban J connectivity index is 1.21. The molecule has 0 radical (unpaired) electrons. The van der Waals surface area contributed by atoms with E-state index in [-0.39, 0.29) is 0 Å². The fraction of sp³-hybridized carbons (Fsp3) is 0.0175. The third-order valence-electron chi connectivity index (χ3n) is 12.9. The molecule has 0 bridgehead atoms. The summed E-state index contributed by atoms with van der Waals surface area (Å²) >= 11 is 0. The molecule has 0 unspecified atom stereocenters. The average Bonchev–Trinajstić information content (AvgIpc) is 3.97. The predicted molar refractivity (Wildman–Crippen MR) is 244 cm³/mol. The Morgan fingerprint density at radius 1 is 0.305 bits per heavy atom. The fourth-order valence-electron chi connectivity index (χ4n) is 10.6. The maximum absolute atomic E-state index is 7.16. The zero-order valence-electron chi connectivity index (χ0n) is 31.9. The number of rotatable bonds is 4. The minimum atomic E-state index is -0.593.